The van der Waals surface area contributed by atoms with Crippen LogP contribution in [0.25, 0.3) is 84.2 Å². The van der Waals surface area contributed by atoms with Crippen LogP contribution in [0.4, 0.5) is 0 Å². The van der Waals surface area contributed by atoms with Gasteiger partial charge in [-0.1, -0.05) is 152 Å². The minimum absolute atomic E-state index is 0.970. The molecule has 1 nitrogen and oxygen atoms in total. The van der Waals surface area contributed by atoms with Gasteiger partial charge in [0.05, 0.1) is 11.2 Å². The monoisotopic (exact) mass is 599 g/mol. The number of hydrogen-bond donors (Lipinski definition) is 0. The van der Waals surface area contributed by atoms with Crippen molar-refractivity contribution in [1.29, 1.82) is 0 Å². The third-order valence-corrected chi connectivity index (χ3v) is 9.19. The third-order valence-electron chi connectivity index (χ3n) is 9.19. The maximum atomic E-state index is 5.24. The Morgan fingerprint density at radius 1 is 0.511 bits per heavy atom. The topological polar surface area (TPSA) is 12.9 Å². The first-order valence-electron chi connectivity index (χ1n) is 16.1. The number of fused-ring (bicyclic) bond motifs is 4. The van der Waals surface area contributed by atoms with Crippen LogP contribution < -0.4 is 10.4 Å². The molecule has 0 saturated carbocycles. The van der Waals surface area contributed by atoms with Crippen molar-refractivity contribution in [3.63, 3.8) is 0 Å². The number of allylic oxidation sites excluding steroid dienone is 2. The molecule has 0 atom stereocenters. The Morgan fingerprint density at radius 2 is 1.09 bits per heavy atom. The third kappa shape index (κ3) is 5.54. The molecule has 8 rings (SSSR count). The molecule has 7 aromatic carbocycles. The molecule has 1 heterocycles. The van der Waals surface area contributed by atoms with Gasteiger partial charge in [0.25, 0.3) is 0 Å². The predicted octanol–water partition coefficient (Wildman–Crippen LogP) is 10.8. The van der Waals surface area contributed by atoms with Crippen molar-refractivity contribution in [2.45, 2.75) is 6.92 Å². The molecule has 47 heavy (non-hydrogen) atoms. The van der Waals surface area contributed by atoms with Crippen molar-refractivity contribution in [2.24, 2.45) is 0 Å². The highest BCUT2D eigenvalue weighted by Crippen LogP contribution is 2.31. The molecule has 1 heteroatoms. The molecular weight excluding hydrogens is 567 g/mol. The zero-order valence-electron chi connectivity index (χ0n) is 26.3. The van der Waals surface area contributed by atoms with E-state index >= 15 is 0 Å². The van der Waals surface area contributed by atoms with Crippen molar-refractivity contribution >= 4 is 50.7 Å². The van der Waals surface area contributed by atoms with E-state index in [4.69, 9.17) is 4.98 Å². The summed E-state index contributed by atoms with van der Waals surface area (Å²) in [5.41, 5.74) is 10.3. The summed E-state index contributed by atoms with van der Waals surface area (Å²) in [6.45, 7) is 6.65. The normalized spacial score (nSPS) is 12.3. The minimum atomic E-state index is 0.970. The molecule has 0 bridgehead atoms. The molecule has 0 radical (unpaired) electrons. The lowest BCUT2D eigenvalue weighted by molar-refractivity contribution is 1.40. The average molecular weight is 600 g/mol. The summed E-state index contributed by atoms with van der Waals surface area (Å²) < 4.78 is 0. The van der Waals surface area contributed by atoms with Gasteiger partial charge in [0.1, 0.15) is 0 Å². The van der Waals surface area contributed by atoms with Gasteiger partial charge in [-0.3, -0.25) is 0 Å². The molecule has 0 unspecified atom stereocenters. The van der Waals surface area contributed by atoms with Crippen LogP contribution in [-0.4, -0.2) is 4.98 Å². The molecule has 0 saturated heterocycles. The van der Waals surface area contributed by atoms with Crippen LogP contribution in [0.3, 0.4) is 0 Å². The molecule has 1 aromatic heterocycles. The lowest BCUT2D eigenvalue weighted by atomic mass is 9.98. The highest BCUT2D eigenvalue weighted by molar-refractivity contribution is 6.07. The Balaban J connectivity index is 1.15. The molecule has 0 spiro atoms. The van der Waals surface area contributed by atoms with Gasteiger partial charge in [-0.15, -0.1) is 0 Å². The number of rotatable bonds is 5. The quantitative estimate of drug-likeness (QED) is 0.179. The Labute approximate surface area is 275 Å². The Kier molecular flexibility index (Phi) is 7.28. The van der Waals surface area contributed by atoms with Crippen LogP contribution in [0.2, 0.25) is 0 Å². The second-order valence-electron chi connectivity index (χ2n) is 12.2. The number of aromatic nitrogens is 1. The number of nitrogens with zero attached hydrogens (tertiary/aromatic N) is 1. The maximum absolute atomic E-state index is 5.24. The van der Waals surface area contributed by atoms with Crippen molar-refractivity contribution in [2.75, 3.05) is 0 Å². The van der Waals surface area contributed by atoms with Gasteiger partial charge in [0, 0.05) is 16.3 Å². The highest BCUT2D eigenvalue weighted by Gasteiger charge is 2.09. The van der Waals surface area contributed by atoms with E-state index in [1.807, 2.05) is 0 Å². The van der Waals surface area contributed by atoms with Gasteiger partial charge in [-0.25, -0.2) is 4.98 Å². The summed E-state index contributed by atoms with van der Waals surface area (Å²) in [7, 11) is 0. The summed E-state index contributed by atoms with van der Waals surface area (Å²) in [6, 6.07) is 56.1. The summed E-state index contributed by atoms with van der Waals surface area (Å²) in [5, 5.41) is 8.05. The van der Waals surface area contributed by atoms with E-state index in [2.05, 4.69) is 183 Å². The highest BCUT2D eigenvalue weighted by atomic mass is 14.7. The van der Waals surface area contributed by atoms with Crippen molar-refractivity contribution < 1.29 is 0 Å². The Bertz CT molecular complexity index is 2580. The van der Waals surface area contributed by atoms with Crippen LogP contribution in [0, 0.1) is 0 Å². The minimum Gasteiger partial charge on any atom is -0.247 e. The number of hydrogen-bond acceptors (Lipinski definition) is 1. The molecule has 0 aliphatic heterocycles. The SMILES string of the molecule is C=c1/c(=C\C=C(C)c2cccc(-c3ccc4ccc5ccc(-c6ccccc6)cc5c4n3)c2)ccc2ccc(-c3ccccc3)cc12. The van der Waals surface area contributed by atoms with Gasteiger partial charge < -0.3 is 0 Å². The first-order chi connectivity index (χ1) is 23.1. The fourth-order valence-corrected chi connectivity index (χ4v) is 6.48. The van der Waals surface area contributed by atoms with Crippen LogP contribution in [0.15, 0.2) is 164 Å². The Hall–Kier alpha value is -6.05. The molecule has 0 aliphatic carbocycles. The van der Waals surface area contributed by atoms with Crippen molar-refractivity contribution in [3.8, 4) is 33.5 Å². The molecule has 0 N–H and O–H groups in total. The van der Waals surface area contributed by atoms with Gasteiger partial charge in [0.2, 0.25) is 0 Å². The van der Waals surface area contributed by atoms with Crippen LogP contribution in [0.5, 0.6) is 0 Å². The van der Waals surface area contributed by atoms with Crippen molar-refractivity contribution in [1.82, 2.24) is 4.98 Å². The molecule has 0 aliphatic rings. The largest absolute Gasteiger partial charge is 0.247 e. The van der Waals surface area contributed by atoms with E-state index in [0.717, 1.165) is 32.6 Å². The summed E-state index contributed by atoms with van der Waals surface area (Å²) in [4.78, 5) is 5.24. The number of benzene rings is 7. The Morgan fingerprint density at radius 3 is 1.81 bits per heavy atom. The fourth-order valence-electron chi connectivity index (χ4n) is 6.48. The van der Waals surface area contributed by atoms with E-state index in [9.17, 15) is 0 Å². The molecule has 222 valence electrons. The average Bonchev–Trinajstić information content (AvgIpc) is 3.14. The second kappa shape index (κ2) is 12.0. The predicted molar refractivity (Wildman–Crippen MR) is 202 cm³/mol. The smallest absolute Gasteiger partial charge is 0.0788 e. The lowest BCUT2D eigenvalue weighted by Gasteiger charge is -2.10. The standard InChI is InChI=1S/C46H33N/c1-31(16-17-33-18-19-36-21-24-40(29-43(36)32(33)2)34-10-5-3-6-11-34)39-14-9-15-42(28-39)45-27-26-38-23-20-37-22-25-41(30-44(37)46(38)47-45)35-12-7-4-8-13-35/h3-30H,2H2,1H3/b31-16?,33-17-. The fraction of sp³-hybridized carbons (Fsp3) is 0.0217. The zero-order valence-corrected chi connectivity index (χ0v) is 26.3. The van der Waals surface area contributed by atoms with Gasteiger partial charge in [-0.2, -0.15) is 0 Å². The molecule has 0 fully saturated rings. The molecule has 0 amide bonds. The van der Waals surface area contributed by atoms with Crippen LogP contribution in [0.1, 0.15) is 12.5 Å². The zero-order chi connectivity index (χ0) is 31.7. The van der Waals surface area contributed by atoms with E-state index < -0.39 is 0 Å². The second-order valence-corrected chi connectivity index (χ2v) is 12.2. The van der Waals surface area contributed by atoms with Gasteiger partial charge in [-0.05, 0) is 91.2 Å². The van der Waals surface area contributed by atoms with Crippen LogP contribution >= 0.6 is 0 Å². The van der Waals surface area contributed by atoms with E-state index in [-0.39, 0.29) is 0 Å². The van der Waals surface area contributed by atoms with Crippen molar-refractivity contribution in [3.05, 3.63) is 180 Å². The summed E-state index contributed by atoms with van der Waals surface area (Å²) in [6.07, 6.45) is 4.38. The van der Waals surface area contributed by atoms with Crippen LogP contribution in [-0.2, 0) is 0 Å². The maximum Gasteiger partial charge on any atom is 0.0788 e. The first-order valence-corrected chi connectivity index (χ1v) is 16.1. The van der Waals surface area contributed by atoms with Gasteiger partial charge in [0.15, 0.2) is 0 Å². The molecule has 8 aromatic rings. The summed E-state index contributed by atoms with van der Waals surface area (Å²) >= 11 is 0. The van der Waals surface area contributed by atoms with E-state index in [1.165, 1.54) is 54.9 Å². The number of pyridine rings is 1. The van der Waals surface area contributed by atoms with E-state index in [1.54, 1.807) is 0 Å². The first kappa shape index (κ1) is 28.4. The van der Waals surface area contributed by atoms with Gasteiger partial charge >= 0.3 is 0 Å². The van der Waals surface area contributed by atoms with E-state index in [0.29, 0.717) is 0 Å². The summed E-state index contributed by atoms with van der Waals surface area (Å²) in [5.74, 6) is 0. The lowest BCUT2D eigenvalue weighted by Crippen LogP contribution is -2.23. The molecular formula is C46H33N.